The molecule has 0 radical (unpaired) electrons. The van der Waals surface area contributed by atoms with Gasteiger partial charge in [0.25, 0.3) is 0 Å². The number of likely N-dealkylation sites (N-methyl/N-ethyl adjacent to an activating group) is 1. The number of aromatic nitrogens is 4. The van der Waals surface area contributed by atoms with Crippen molar-refractivity contribution in [2.45, 2.75) is 0 Å². The lowest BCUT2D eigenvalue weighted by atomic mass is 10.3. The Bertz CT molecular complexity index is 960. The third-order valence-electron chi connectivity index (χ3n) is 4.52. The van der Waals surface area contributed by atoms with Crippen molar-refractivity contribution in [3.05, 3.63) is 35.6 Å². The molecule has 1 fully saturated rings. The largest absolute Gasteiger partial charge is 0.495 e. The van der Waals surface area contributed by atoms with Gasteiger partial charge in [0.2, 0.25) is 5.95 Å². The third kappa shape index (κ3) is 3.72. The Morgan fingerprint density at radius 3 is 2.59 bits per heavy atom. The van der Waals surface area contributed by atoms with E-state index < -0.39 is 0 Å². The number of benzene rings is 1. The summed E-state index contributed by atoms with van der Waals surface area (Å²) >= 11 is 6.24. The van der Waals surface area contributed by atoms with E-state index in [0.29, 0.717) is 33.7 Å². The molecule has 0 aliphatic carbocycles. The molecule has 0 atom stereocenters. The van der Waals surface area contributed by atoms with Crippen LogP contribution in [0.2, 0.25) is 5.02 Å². The molecule has 0 bridgehead atoms. The number of nitrogens with one attached hydrogen (secondary N) is 1. The van der Waals surface area contributed by atoms with Crippen LogP contribution in [0.5, 0.6) is 5.75 Å². The Balaban J connectivity index is 1.71. The fourth-order valence-corrected chi connectivity index (χ4v) is 3.23. The molecular weight excluding hydrogens is 366 g/mol. The van der Waals surface area contributed by atoms with Gasteiger partial charge in [-0.1, -0.05) is 11.6 Å². The highest BCUT2D eigenvalue weighted by atomic mass is 35.5. The molecule has 1 N–H and O–H groups in total. The number of rotatable bonds is 4. The summed E-state index contributed by atoms with van der Waals surface area (Å²) in [5.74, 6) is 1.87. The van der Waals surface area contributed by atoms with E-state index in [1.807, 2.05) is 6.07 Å². The van der Waals surface area contributed by atoms with Crippen molar-refractivity contribution in [2.75, 3.05) is 50.6 Å². The number of ether oxygens (including phenoxy) is 1. The number of anilines is 3. The van der Waals surface area contributed by atoms with Crippen molar-refractivity contribution in [1.82, 2.24) is 24.8 Å². The van der Waals surface area contributed by atoms with Crippen molar-refractivity contribution < 1.29 is 4.74 Å². The van der Waals surface area contributed by atoms with Crippen molar-refractivity contribution in [2.24, 2.45) is 0 Å². The monoisotopic (exact) mass is 385 g/mol. The zero-order chi connectivity index (χ0) is 18.8. The van der Waals surface area contributed by atoms with Crippen LogP contribution in [0.25, 0.3) is 11.2 Å². The van der Waals surface area contributed by atoms with Gasteiger partial charge >= 0.3 is 0 Å². The topological polar surface area (TPSA) is 79.3 Å². The normalized spacial score (nSPS) is 15.1. The Hall–Kier alpha value is -2.71. The first-order chi connectivity index (χ1) is 13.1. The van der Waals surface area contributed by atoms with Gasteiger partial charge in [-0.25, -0.2) is 9.97 Å². The summed E-state index contributed by atoms with van der Waals surface area (Å²) < 4.78 is 5.21. The molecule has 0 saturated carbocycles. The van der Waals surface area contributed by atoms with Crippen LogP contribution in [-0.2, 0) is 0 Å². The standard InChI is InChI=1S/C18H20ClN7O/c1-25-7-9-26(10-8-25)18-23-16-15(20-5-6-21-16)17(24-18)22-12-3-4-14(27-2)13(19)11-12/h3-6,11H,7-10H2,1-2H3,(H,21,22,23,24). The SMILES string of the molecule is COc1ccc(Nc2nc(N3CCN(C)CC3)nc3nccnc23)cc1Cl. The van der Waals surface area contributed by atoms with Crippen molar-refractivity contribution in [3.8, 4) is 5.75 Å². The van der Waals surface area contributed by atoms with Crippen LogP contribution in [0.1, 0.15) is 0 Å². The van der Waals surface area contributed by atoms with Crippen LogP contribution in [-0.4, -0.2) is 65.2 Å². The lowest BCUT2D eigenvalue weighted by Gasteiger charge is -2.32. The minimum Gasteiger partial charge on any atom is -0.495 e. The van der Waals surface area contributed by atoms with Crippen molar-refractivity contribution in [1.29, 1.82) is 0 Å². The molecule has 4 rings (SSSR count). The molecular formula is C18H20ClN7O. The lowest BCUT2D eigenvalue weighted by Crippen LogP contribution is -2.45. The Kier molecular flexibility index (Phi) is 4.91. The van der Waals surface area contributed by atoms with E-state index in [1.54, 1.807) is 31.6 Å². The molecule has 140 valence electrons. The van der Waals surface area contributed by atoms with Gasteiger partial charge in [-0.15, -0.1) is 0 Å². The zero-order valence-electron chi connectivity index (χ0n) is 15.2. The molecule has 1 aliphatic heterocycles. The Morgan fingerprint density at radius 1 is 1.07 bits per heavy atom. The summed E-state index contributed by atoms with van der Waals surface area (Å²) in [7, 11) is 3.70. The number of methoxy groups -OCH3 is 1. The summed E-state index contributed by atoms with van der Waals surface area (Å²) in [4.78, 5) is 22.5. The van der Waals surface area contributed by atoms with Gasteiger partial charge in [0, 0.05) is 44.3 Å². The van der Waals surface area contributed by atoms with Gasteiger partial charge in [-0.3, -0.25) is 0 Å². The molecule has 9 heteroatoms. The number of halogens is 1. The quantitative estimate of drug-likeness (QED) is 0.734. The lowest BCUT2D eigenvalue weighted by molar-refractivity contribution is 0.311. The van der Waals surface area contributed by atoms with Crippen LogP contribution in [0.4, 0.5) is 17.5 Å². The smallest absolute Gasteiger partial charge is 0.229 e. The zero-order valence-corrected chi connectivity index (χ0v) is 15.9. The minimum atomic E-state index is 0.520. The van der Waals surface area contributed by atoms with E-state index in [1.165, 1.54) is 0 Å². The number of nitrogens with zero attached hydrogens (tertiary/aromatic N) is 6. The summed E-state index contributed by atoms with van der Waals surface area (Å²) in [5, 5.41) is 3.82. The van der Waals surface area contributed by atoms with E-state index >= 15 is 0 Å². The first kappa shape index (κ1) is 17.7. The molecule has 3 heterocycles. The number of piperazine rings is 1. The molecule has 1 aliphatic rings. The third-order valence-corrected chi connectivity index (χ3v) is 4.82. The molecule has 1 saturated heterocycles. The van der Waals surface area contributed by atoms with Gasteiger partial charge in [0.15, 0.2) is 17.0 Å². The maximum absolute atomic E-state index is 6.24. The Labute approximate surface area is 162 Å². The second-order valence-corrected chi connectivity index (χ2v) is 6.77. The van der Waals surface area contributed by atoms with E-state index in [-0.39, 0.29) is 0 Å². The van der Waals surface area contributed by atoms with Crippen LogP contribution in [0, 0.1) is 0 Å². The highest BCUT2D eigenvalue weighted by Gasteiger charge is 2.19. The molecule has 8 nitrogen and oxygen atoms in total. The van der Waals surface area contributed by atoms with Gasteiger partial charge in [-0.05, 0) is 25.2 Å². The summed E-state index contributed by atoms with van der Waals surface area (Å²) in [6.45, 7) is 3.68. The van der Waals surface area contributed by atoms with Crippen LogP contribution in [0.3, 0.4) is 0 Å². The fourth-order valence-electron chi connectivity index (χ4n) is 2.97. The predicted molar refractivity (Wildman–Crippen MR) is 106 cm³/mol. The maximum Gasteiger partial charge on any atom is 0.229 e. The first-order valence-corrected chi connectivity index (χ1v) is 9.04. The number of hydrogen-bond acceptors (Lipinski definition) is 8. The van der Waals surface area contributed by atoms with Gasteiger partial charge in [-0.2, -0.15) is 9.97 Å². The Morgan fingerprint density at radius 2 is 1.85 bits per heavy atom. The first-order valence-electron chi connectivity index (χ1n) is 8.67. The highest BCUT2D eigenvalue weighted by Crippen LogP contribution is 2.30. The molecule has 3 aromatic rings. The average Bonchev–Trinajstić information content (AvgIpc) is 2.68. The molecule has 1 aromatic carbocycles. The molecule has 0 amide bonds. The van der Waals surface area contributed by atoms with Gasteiger partial charge < -0.3 is 19.9 Å². The summed E-state index contributed by atoms with van der Waals surface area (Å²) in [6.07, 6.45) is 3.27. The maximum atomic E-state index is 6.24. The highest BCUT2D eigenvalue weighted by molar-refractivity contribution is 6.32. The second kappa shape index (κ2) is 7.50. The number of hydrogen-bond donors (Lipinski definition) is 1. The molecule has 27 heavy (non-hydrogen) atoms. The van der Waals surface area contributed by atoms with E-state index in [0.717, 1.165) is 31.9 Å². The fraction of sp³-hybridized carbons (Fsp3) is 0.333. The average molecular weight is 386 g/mol. The second-order valence-electron chi connectivity index (χ2n) is 6.37. The molecule has 0 unspecified atom stereocenters. The summed E-state index contributed by atoms with van der Waals surface area (Å²) in [5.41, 5.74) is 1.96. The van der Waals surface area contributed by atoms with Gasteiger partial charge in [0.1, 0.15) is 5.75 Å². The van der Waals surface area contributed by atoms with E-state index in [2.05, 4.69) is 37.1 Å². The van der Waals surface area contributed by atoms with Gasteiger partial charge in [0.05, 0.1) is 12.1 Å². The molecule has 0 spiro atoms. The van der Waals surface area contributed by atoms with E-state index in [9.17, 15) is 0 Å². The van der Waals surface area contributed by atoms with Crippen molar-refractivity contribution in [3.63, 3.8) is 0 Å². The van der Waals surface area contributed by atoms with Crippen LogP contribution in [0.15, 0.2) is 30.6 Å². The number of fused-ring (bicyclic) bond motifs is 1. The van der Waals surface area contributed by atoms with Crippen LogP contribution >= 0.6 is 11.6 Å². The van der Waals surface area contributed by atoms with Crippen LogP contribution < -0.4 is 15.0 Å². The van der Waals surface area contributed by atoms with Crippen molar-refractivity contribution >= 4 is 40.2 Å². The van der Waals surface area contributed by atoms with E-state index in [4.69, 9.17) is 21.3 Å². The predicted octanol–water partition coefficient (Wildman–Crippen LogP) is 2.58. The summed E-state index contributed by atoms with van der Waals surface area (Å²) in [6, 6.07) is 5.48. The molecule has 2 aromatic heterocycles. The minimum absolute atomic E-state index is 0.520.